The van der Waals surface area contributed by atoms with Crippen molar-refractivity contribution in [3.63, 3.8) is 0 Å². The van der Waals surface area contributed by atoms with Gasteiger partial charge >= 0.3 is 7.12 Å². The van der Waals surface area contributed by atoms with Crippen molar-refractivity contribution in [2.45, 2.75) is 58.0 Å². The van der Waals surface area contributed by atoms with E-state index in [0.717, 1.165) is 36.1 Å². The molecule has 0 atom stereocenters. The van der Waals surface area contributed by atoms with Crippen molar-refractivity contribution in [2.24, 2.45) is 0 Å². The van der Waals surface area contributed by atoms with E-state index in [1.54, 1.807) is 11.8 Å². The second kappa shape index (κ2) is 9.28. The number of carbonyl (C=O) groups is 1. The normalized spacial score (nSPS) is 18.8. The first-order valence-electron chi connectivity index (χ1n) is 11.9. The molecule has 1 saturated heterocycles. The van der Waals surface area contributed by atoms with Crippen molar-refractivity contribution >= 4 is 30.0 Å². The van der Waals surface area contributed by atoms with Gasteiger partial charge in [-0.25, -0.2) is 8.78 Å². The summed E-state index contributed by atoms with van der Waals surface area (Å²) in [4.78, 5) is 15.9. The predicted molar refractivity (Wildman–Crippen MR) is 123 cm³/mol. The quantitative estimate of drug-likeness (QED) is 0.658. The van der Waals surface area contributed by atoms with Gasteiger partial charge in [0.25, 0.3) is 6.43 Å². The van der Waals surface area contributed by atoms with Gasteiger partial charge in [-0.15, -0.1) is 0 Å². The molecule has 34 heavy (non-hydrogen) atoms. The number of nitrogens with zero attached hydrogens (tertiary/aromatic N) is 4. The maximum Gasteiger partial charge on any atom is 0.488 e. The number of aromatic nitrogens is 2. The second-order valence-corrected chi connectivity index (χ2v) is 9.27. The molecule has 0 aliphatic carbocycles. The number of ether oxygens (including phenoxy) is 1. The van der Waals surface area contributed by atoms with Crippen molar-refractivity contribution in [2.75, 3.05) is 31.2 Å². The van der Waals surface area contributed by atoms with Gasteiger partial charge in [-0.2, -0.15) is 5.10 Å². The highest BCUT2D eigenvalue weighted by Gasteiger charge is 2.34. The van der Waals surface area contributed by atoms with Crippen LogP contribution < -0.4 is 10.4 Å². The monoisotopic (exact) mass is 474 g/mol. The summed E-state index contributed by atoms with van der Waals surface area (Å²) in [5.74, 6) is 0.696. The summed E-state index contributed by atoms with van der Waals surface area (Å²) < 4.78 is 35.3. The van der Waals surface area contributed by atoms with Crippen molar-refractivity contribution in [1.82, 2.24) is 14.7 Å². The molecule has 0 bridgehead atoms. The molecule has 0 radical (unpaired) electrons. The van der Waals surface area contributed by atoms with Crippen molar-refractivity contribution in [3.05, 3.63) is 34.5 Å². The Hall–Kier alpha value is -2.50. The number of carbonyl (C=O) groups excluding carboxylic acids is 1. The number of halogens is 2. The number of hydrogen-bond donors (Lipinski definition) is 2. The van der Waals surface area contributed by atoms with E-state index >= 15 is 0 Å². The Kier molecular flexibility index (Phi) is 6.35. The van der Waals surface area contributed by atoms with Crippen LogP contribution in [0.3, 0.4) is 0 Å². The molecule has 8 nitrogen and oxygen atoms in total. The van der Waals surface area contributed by atoms with Gasteiger partial charge in [0.1, 0.15) is 0 Å². The minimum Gasteiger partial charge on any atom is -0.423 e. The summed E-state index contributed by atoms with van der Waals surface area (Å²) in [6.45, 7) is 4.56. The summed E-state index contributed by atoms with van der Waals surface area (Å²) >= 11 is 0. The molecule has 11 heteroatoms. The first kappa shape index (κ1) is 23.3. The van der Waals surface area contributed by atoms with Crippen molar-refractivity contribution < 1.29 is 28.4 Å². The van der Waals surface area contributed by atoms with Crippen LogP contribution >= 0.6 is 0 Å². The number of amides is 1. The summed E-state index contributed by atoms with van der Waals surface area (Å²) in [6, 6.07) is 3.06. The zero-order chi connectivity index (χ0) is 24.0. The number of benzene rings is 1. The predicted octanol–water partition coefficient (Wildman–Crippen LogP) is 1.84. The van der Waals surface area contributed by atoms with Gasteiger partial charge in [0.2, 0.25) is 5.91 Å². The van der Waals surface area contributed by atoms with Crippen LogP contribution in [0.15, 0.2) is 12.1 Å². The Morgan fingerprint density at radius 3 is 2.65 bits per heavy atom. The third-order valence-electron chi connectivity index (χ3n) is 7.22. The molecule has 2 aromatic rings. The van der Waals surface area contributed by atoms with Crippen LogP contribution in [0.2, 0.25) is 0 Å². The molecule has 4 heterocycles. The lowest BCUT2D eigenvalue weighted by Gasteiger charge is -2.33. The molecule has 1 amide bonds. The van der Waals surface area contributed by atoms with Crippen LogP contribution in [0, 0.1) is 0 Å². The minimum absolute atomic E-state index is 0.00368. The van der Waals surface area contributed by atoms with Crippen LogP contribution in [0.1, 0.15) is 61.0 Å². The van der Waals surface area contributed by atoms with Gasteiger partial charge in [0.15, 0.2) is 5.82 Å². The van der Waals surface area contributed by atoms with Gasteiger partial charge in [0, 0.05) is 62.2 Å². The molecular weight excluding hydrogens is 445 g/mol. The fraction of sp³-hybridized carbons (Fsp3) is 0.565. The molecule has 1 aromatic heterocycles. The van der Waals surface area contributed by atoms with E-state index in [2.05, 4.69) is 4.68 Å². The van der Waals surface area contributed by atoms with E-state index < -0.39 is 13.5 Å². The number of hydrogen-bond acceptors (Lipinski definition) is 6. The molecule has 3 aliphatic rings. The molecule has 5 rings (SSSR count). The summed E-state index contributed by atoms with van der Waals surface area (Å²) in [5, 5.41) is 24.4. The van der Waals surface area contributed by atoms with Gasteiger partial charge < -0.3 is 24.6 Å². The van der Waals surface area contributed by atoms with Crippen LogP contribution in [0.25, 0.3) is 0 Å². The highest BCUT2D eigenvalue weighted by Crippen LogP contribution is 2.40. The van der Waals surface area contributed by atoms with Gasteiger partial charge in [-0.3, -0.25) is 9.48 Å². The smallest absolute Gasteiger partial charge is 0.423 e. The average Bonchev–Trinajstić information content (AvgIpc) is 3.22. The van der Waals surface area contributed by atoms with E-state index in [9.17, 15) is 23.6 Å². The Balaban J connectivity index is 1.62. The fourth-order valence-corrected chi connectivity index (χ4v) is 5.45. The molecule has 2 N–H and O–H groups in total. The van der Waals surface area contributed by atoms with Gasteiger partial charge in [0.05, 0.1) is 12.6 Å². The molecule has 1 aromatic carbocycles. The number of alkyl halides is 2. The van der Waals surface area contributed by atoms with Gasteiger partial charge in [-0.05, 0) is 42.8 Å². The van der Waals surface area contributed by atoms with Crippen LogP contribution in [-0.4, -0.2) is 64.1 Å². The highest BCUT2D eigenvalue weighted by atomic mass is 19.3. The lowest BCUT2D eigenvalue weighted by molar-refractivity contribution is -0.129. The van der Waals surface area contributed by atoms with E-state index in [1.807, 2.05) is 4.90 Å². The van der Waals surface area contributed by atoms with E-state index in [1.165, 1.54) is 12.1 Å². The molecule has 1 fully saturated rings. The zero-order valence-electron chi connectivity index (χ0n) is 19.2. The minimum atomic E-state index is -2.84. The number of aryl methyl sites for hydroxylation is 1. The Bertz CT molecular complexity index is 1090. The SMILES string of the molecule is CC(=O)N1CCc2c(c(N3CCCc4cc(B(O)O)c(C(F)F)cc43)nn2C2CCOCC2)C1. The van der Waals surface area contributed by atoms with Crippen molar-refractivity contribution in [1.29, 1.82) is 0 Å². The Morgan fingerprint density at radius 2 is 1.97 bits per heavy atom. The van der Waals surface area contributed by atoms with Crippen molar-refractivity contribution in [3.8, 4) is 0 Å². The molecule has 0 unspecified atom stereocenters. The maximum atomic E-state index is 13.8. The summed E-state index contributed by atoms with van der Waals surface area (Å²) in [5.41, 5.74) is 2.92. The number of fused-ring (bicyclic) bond motifs is 2. The van der Waals surface area contributed by atoms with Gasteiger partial charge in [-0.1, -0.05) is 6.07 Å². The largest absolute Gasteiger partial charge is 0.488 e. The topological polar surface area (TPSA) is 91.1 Å². The van der Waals surface area contributed by atoms with E-state index in [-0.39, 0.29) is 23.0 Å². The fourth-order valence-electron chi connectivity index (χ4n) is 5.45. The first-order chi connectivity index (χ1) is 16.3. The molecule has 0 spiro atoms. The third kappa shape index (κ3) is 4.10. The molecule has 3 aliphatic heterocycles. The van der Waals surface area contributed by atoms with Crippen LogP contribution in [-0.2, 0) is 28.9 Å². The number of anilines is 2. The Labute approximate surface area is 197 Å². The van der Waals surface area contributed by atoms with E-state index in [4.69, 9.17) is 9.84 Å². The Morgan fingerprint density at radius 1 is 1.21 bits per heavy atom. The van der Waals surface area contributed by atoms with E-state index in [0.29, 0.717) is 57.2 Å². The summed E-state index contributed by atoms with van der Waals surface area (Å²) in [7, 11) is -1.96. The molecule has 0 saturated carbocycles. The molecule has 182 valence electrons. The summed E-state index contributed by atoms with van der Waals surface area (Å²) in [6.07, 6.45) is 0.988. The second-order valence-electron chi connectivity index (χ2n) is 9.27. The zero-order valence-corrected chi connectivity index (χ0v) is 19.2. The van der Waals surface area contributed by atoms with Crippen LogP contribution in [0.5, 0.6) is 0 Å². The average molecular weight is 474 g/mol. The lowest BCUT2D eigenvalue weighted by Crippen LogP contribution is -2.37. The van der Waals surface area contributed by atoms with Crippen LogP contribution in [0.4, 0.5) is 20.3 Å². The standard InChI is InChI=1S/C23H29BF2N4O4/c1-14(31)28-8-4-20-18(13-28)23(27-30(20)16-5-9-34-10-6-16)29-7-2-3-15-11-19(24(32)33)17(22(25)26)12-21(15)29/h11-12,16,22,32-33H,2-10,13H2,1H3. The maximum absolute atomic E-state index is 13.8. The number of rotatable bonds is 4. The molecular formula is C23H29BF2N4O4. The highest BCUT2D eigenvalue weighted by molar-refractivity contribution is 6.59. The lowest BCUT2D eigenvalue weighted by atomic mass is 9.75. The third-order valence-corrected chi connectivity index (χ3v) is 7.22. The first-order valence-corrected chi connectivity index (χ1v) is 11.9.